The van der Waals surface area contributed by atoms with Gasteiger partial charge in [-0.15, -0.1) is 0 Å². The molecule has 2 aliphatic rings. The van der Waals surface area contributed by atoms with Gasteiger partial charge in [0.15, 0.2) is 17.5 Å². The van der Waals surface area contributed by atoms with E-state index in [2.05, 4.69) is 22.3 Å². The van der Waals surface area contributed by atoms with Crippen molar-refractivity contribution in [3.05, 3.63) is 129 Å². The Hall–Kier alpha value is -4.39. The molecule has 0 fully saturated rings. The molecule has 0 unspecified atom stereocenters. The fraction of sp³-hybridized carbons (Fsp3) is 0.0938. The van der Waals surface area contributed by atoms with Crippen LogP contribution in [0.4, 0.5) is 22.9 Å². The Labute approximate surface area is 242 Å². The van der Waals surface area contributed by atoms with Crippen molar-refractivity contribution in [3.63, 3.8) is 0 Å². The van der Waals surface area contributed by atoms with Gasteiger partial charge in [-0.2, -0.15) is 5.10 Å². The number of hydrogen-bond acceptors (Lipinski definition) is 5. The summed E-state index contributed by atoms with van der Waals surface area (Å²) in [7, 11) is 0. The van der Waals surface area contributed by atoms with Gasteiger partial charge in [0.1, 0.15) is 0 Å². The Morgan fingerprint density at radius 1 is 0.800 bits per heavy atom. The van der Waals surface area contributed by atoms with E-state index in [1.807, 2.05) is 103 Å². The Balaban J connectivity index is 1.50. The van der Waals surface area contributed by atoms with Crippen LogP contribution in [0.5, 0.6) is 0 Å². The lowest BCUT2D eigenvalue weighted by Crippen LogP contribution is -2.46. The second-order valence-electron chi connectivity index (χ2n) is 9.87. The van der Waals surface area contributed by atoms with Crippen molar-refractivity contribution in [3.8, 4) is 5.69 Å². The maximum absolute atomic E-state index is 6.55. The lowest BCUT2D eigenvalue weighted by molar-refractivity contribution is 0.815. The smallest absolute Gasteiger partial charge is 0.179 e. The largest absolute Gasteiger partial charge is 0.337 e. The number of amidine groups is 2. The van der Waals surface area contributed by atoms with Gasteiger partial charge in [-0.25, -0.2) is 14.7 Å². The number of fused-ring (bicyclic) bond motifs is 4. The number of rotatable bonds is 3. The minimum atomic E-state index is -0.242. The number of hydrogen-bond donors (Lipinski definition) is 1. The summed E-state index contributed by atoms with van der Waals surface area (Å²) in [6, 6.07) is 31.8. The fourth-order valence-electron chi connectivity index (χ4n) is 5.35. The molecule has 7 rings (SSSR count). The van der Waals surface area contributed by atoms with Crippen LogP contribution in [0.1, 0.15) is 28.4 Å². The normalized spacial score (nSPS) is 15.5. The lowest BCUT2D eigenvalue weighted by atomic mass is 9.93. The maximum atomic E-state index is 6.55. The standard InChI is InChI=1S/C32H24Cl2N6/c1-19-15-16-23(18-25(19)34)35-30-32-37-31-28(20(2)38-40(31)24-11-4-3-5-12-24)29(21-9-8-10-22(33)17-21)39(32)27-14-7-6-13-26(27)36-30/h3-18,29H,1-2H3,(H,35,36)/t29-/m1/s1. The minimum absolute atomic E-state index is 0.242. The first-order valence-electron chi connectivity index (χ1n) is 13.0. The average molecular weight is 563 g/mol. The van der Waals surface area contributed by atoms with Gasteiger partial charge in [-0.3, -0.25) is 0 Å². The Morgan fingerprint density at radius 3 is 2.40 bits per heavy atom. The molecule has 0 radical (unpaired) electrons. The molecule has 0 bridgehead atoms. The number of aliphatic imine (C=N–C) groups is 2. The lowest BCUT2D eigenvalue weighted by Gasteiger charge is -2.40. The third-order valence-electron chi connectivity index (χ3n) is 7.24. The Bertz CT molecular complexity index is 1840. The zero-order chi connectivity index (χ0) is 27.4. The zero-order valence-corrected chi connectivity index (χ0v) is 23.3. The fourth-order valence-corrected chi connectivity index (χ4v) is 5.73. The molecule has 5 aromatic rings. The second-order valence-corrected chi connectivity index (χ2v) is 10.7. The van der Waals surface area contributed by atoms with Crippen LogP contribution in [0.3, 0.4) is 0 Å². The summed E-state index contributed by atoms with van der Waals surface area (Å²) in [5, 5.41) is 9.83. The Morgan fingerprint density at radius 2 is 1.60 bits per heavy atom. The summed E-state index contributed by atoms with van der Waals surface area (Å²) in [6.45, 7) is 4.02. The molecule has 4 aromatic carbocycles. The summed E-state index contributed by atoms with van der Waals surface area (Å²) in [6.07, 6.45) is 0. The summed E-state index contributed by atoms with van der Waals surface area (Å²) in [4.78, 5) is 12.5. The van der Waals surface area contributed by atoms with E-state index in [0.29, 0.717) is 21.7 Å². The molecule has 3 heterocycles. The molecular weight excluding hydrogens is 539 g/mol. The van der Waals surface area contributed by atoms with E-state index in [9.17, 15) is 0 Å². The van der Waals surface area contributed by atoms with Gasteiger partial charge < -0.3 is 10.2 Å². The van der Waals surface area contributed by atoms with Crippen molar-refractivity contribution in [2.45, 2.75) is 19.9 Å². The molecule has 0 spiro atoms. The van der Waals surface area contributed by atoms with E-state index < -0.39 is 0 Å². The van der Waals surface area contributed by atoms with Crippen LogP contribution in [-0.4, -0.2) is 21.5 Å². The van der Waals surface area contributed by atoms with E-state index in [4.69, 9.17) is 38.3 Å². The van der Waals surface area contributed by atoms with Gasteiger partial charge in [0, 0.05) is 21.3 Å². The Kier molecular flexibility index (Phi) is 5.95. The highest BCUT2D eigenvalue weighted by Gasteiger charge is 2.41. The van der Waals surface area contributed by atoms with Crippen molar-refractivity contribution in [2.75, 3.05) is 10.2 Å². The first-order chi connectivity index (χ1) is 19.5. The molecule has 1 aromatic heterocycles. The molecule has 0 saturated heterocycles. The van der Waals surface area contributed by atoms with E-state index >= 15 is 0 Å². The van der Waals surface area contributed by atoms with Gasteiger partial charge in [-0.1, -0.05) is 71.7 Å². The van der Waals surface area contributed by atoms with Crippen molar-refractivity contribution < 1.29 is 0 Å². The van der Waals surface area contributed by atoms with Crippen LogP contribution in [0.2, 0.25) is 10.0 Å². The number of anilines is 2. The SMILES string of the molecule is Cc1ccc(NC2=Nc3ccccc3N3C2=Nc2c(c(C)nn2-c2ccccc2)[C@H]3c2cccc(Cl)c2)cc1Cl. The number of aromatic nitrogens is 2. The molecule has 0 amide bonds. The van der Waals surface area contributed by atoms with Gasteiger partial charge in [0.25, 0.3) is 0 Å². The zero-order valence-electron chi connectivity index (χ0n) is 21.8. The first-order valence-corrected chi connectivity index (χ1v) is 13.7. The highest BCUT2D eigenvalue weighted by molar-refractivity contribution is 6.51. The van der Waals surface area contributed by atoms with Crippen LogP contribution in [-0.2, 0) is 0 Å². The van der Waals surface area contributed by atoms with E-state index in [0.717, 1.165) is 51.0 Å². The highest BCUT2D eigenvalue weighted by atomic mass is 35.5. The molecule has 8 heteroatoms. The van der Waals surface area contributed by atoms with Gasteiger partial charge in [0.05, 0.1) is 28.8 Å². The molecule has 2 aliphatic heterocycles. The van der Waals surface area contributed by atoms with E-state index in [1.165, 1.54) is 0 Å². The van der Waals surface area contributed by atoms with Gasteiger partial charge >= 0.3 is 0 Å². The molecule has 40 heavy (non-hydrogen) atoms. The van der Waals surface area contributed by atoms with E-state index in [1.54, 1.807) is 0 Å². The molecule has 6 nitrogen and oxygen atoms in total. The van der Waals surface area contributed by atoms with Crippen LogP contribution >= 0.6 is 23.2 Å². The molecular formula is C32H24Cl2N6. The quantitative estimate of drug-likeness (QED) is 0.239. The van der Waals surface area contributed by atoms with Crippen molar-refractivity contribution in [1.29, 1.82) is 0 Å². The molecule has 196 valence electrons. The average Bonchev–Trinajstić information content (AvgIpc) is 3.30. The summed E-state index contributed by atoms with van der Waals surface area (Å²) in [5.41, 5.74) is 7.51. The molecule has 0 aliphatic carbocycles. The van der Waals surface area contributed by atoms with Crippen LogP contribution < -0.4 is 10.2 Å². The van der Waals surface area contributed by atoms with Crippen molar-refractivity contribution >= 4 is 57.8 Å². The predicted molar refractivity (Wildman–Crippen MR) is 165 cm³/mol. The molecule has 1 N–H and O–H groups in total. The number of halogens is 2. The van der Waals surface area contributed by atoms with Crippen molar-refractivity contribution in [1.82, 2.24) is 9.78 Å². The summed E-state index contributed by atoms with van der Waals surface area (Å²) < 4.78 is 1.91. The van der Waals surface area contributed by atoms with E-state index in [-0.39, 0.29) is 6.04 Å². The molecule has 0 saturated carbocycles. The monoisotopic (exact) mass is 562 g/mol. The third-order valence-corrected chi connectivity index (χ3v) is 7.88. The van der Waals surface area contributed by atoms with Crippen LogP contribution in [0.25, 0.3) is 5.69 Å². The van der Waals surface area contributed by atoms with Crippen LogP contribution in [0.15, 0.2) is 107 Å². The molecule has 1 atom stereocenters. The second kappa shape index (κ2) is 9.66. The number of nitrogens with one attached hydrogen (secondary N) is 1. The van der Waals surface area contributed by atoms with Crippen LogP contribution in [0, 0.1) is 13.8 Å². The third kappa shape index (κ3) is 4.08. The highest BCUT2D eigenvalue weighted by Crippen LogP contribution is 2.48. The summed E-state index contributed by atoms with van der Waals surface area (Å²) in [5.74, 6) is 2.07. The first kappa shape index (κ1) is 24.6. The number of para-hydroxylation sites is 3. The maximum Gasteiger partial charge on any atom is 0.179 e. The number of benzene rings is 4. The van der Waals surface area contributed by atoms with Crippen molar-refractivity contribution in [2.24, 2.45) is 9.98 Å². The number of aryl methyl sites for hydroxylation is 2. The topological polar surface area (TPSA) is 57.8 Å². The predicted octanol–water partition coefficient (Wildman–Crippen LogP) is 8.59. The summed E-state index contributed by atoms with van der Waals surface area (Å²) >= 11 is 13.0. The van der Waals surface area contributed by atoms with Gasteiger partial charge in [0.2, 0.25) is 0 Å². The minimum Gasteiger partial charge on any atom is -0.337 e. The number of nitrogens with zero attached hydrogens (tertiary/aromatic N) is 5. The van der Waals surface area contributed by atoms with Gasteiger partial charge in [-0.05, 0) is 73.5 Å².